The smallest absolute Gasteiger partial charge is 0.207 e. The predicted octanol–water partition coefficient (Wildman–Crippen LogP) is 2.78. The van der Waals surface area contributed by atoms with Gasteiger partial charge in [0.25, 0.3) is 0 Å². The van der Waals surface area contributed by atoms with Crippen molar-refractivity contribution in [2.45, 2.75) is 14.7 Å². The summed E-state index contributed by atoms with van der Waals surface area (Å²) >= 11 is 4.68. The highest BCUT2D eigenvalue weighted by Crippen LogP contribution is 2.45. The molecule has 1 rings (SSSR count). The maximum absolute atomic E-state index is 12.7. The molecule has 96 valence electrons. The van der Waals surface area contributed by atoms with Crippen LogP contribution in [-0.4, -0.2) is 20.9 Å². The lowest BCUT2D eigenvalue weighted by molar-refractivity contribution is 0.191. The van der Waals surface area contributed by atoms with Gasteiger partial charge in [-0.25, -0.2) is 12.8 Å². The summed E-state index contributed by atoms with van der Waals surface area (Å²) in [6, 6.07) is 5.08. The molecule has 17 heavy (non-hydrogen) atoms. The van der Waals surface area contributed by atoms with E-state index in [2.05, 4.69) is 15.9 Å². The summed E-state index contributed by atoms with van der Waals surface area (Å²) in [6.45, 7) is 1.50. The predicted molar refractivity (Wildman–Crippen MR) is 76.5 cm³/mol. The largest absolute Gasteiger partial charge is 0.385 e. The molecule has 0 spiro atoms. The van der Waals surface area contributed by atoms with E-state index >= 15 is 0 Å². The topological polar surface area (TPSA) is 54.4 Å². The molecule has 0 heterocycles. The van der Waals surface area contributed by atoms with Crippen LogP contribution < -0.4 is 0 Å². The van der Waals surface area contributed by atoms with Crippen molar-refractivity contribution >= 4 is 48.4 Å². The van der Waals surface area contributed by atoms with Crippen LogP contribution >= 0.6 is 38.5 Å². The van der Waals surface area contributed by atoms with Gasteiger partial charge in [0.1, 0.15) is 11.9 Å². The van der Waals surface area contributed by atoms with Crippen LogP contribution in [0.15, 0.2) is 24.3 Å². The quantitative estimate of drug-likeness (QED) is 0.583. The molecule has 0 amide bonds. The minimum absolute atomic E-state index is 0.0978. The van der Waals surface area contributed by atoms with Crippen molar-refractivity contribution in [3.8, 4) is 0 Å². The van der Waals surface area contributed by atoms with Gasteiger partial charge in [0.15, 0.2) is 9.84 Å². The molecule has 0 aliphatic rings. The number of sulfone groups is 1. The summed E-state index contributed by atoms with van der Waals surface area (Å²) in [4.78, 5) is 0. The molecule has 0 saturated heterocycles. The Bertz CT molecular complexity index is 487. The SMILES string of the molecule is CCS(=O)(=O)[C@@](Br)(I)[C@H](O)c1ccc(F)cc1. The zero-order valence-electron chi connectivity index (χ0n) is 8.90. The first-order valence-electron chi connectivity index (χ1n) is 4.76. The molecular weight excluding hydrogens is 426 g/mol. The summed E-state index contributed by atoms with van der Waals surface area (Å²) in [5.74, 6) is -0.535. The molecule has 0 unspecified atom stereocenters. The van der Waals surface area contributed by atoms with E-state index in [-0.39, 0.29) is 5.75 Å². The highest BCUT2D eigenvalue weighted by Gasteiger charge is 2.45. The Hall–Kier alpha value is 0.270. The lowest BCUT2D eigenvalue weighted by Gasteiger charge is -2.26. The van der Waals surface area contributed by atoms with Gasteiger partial charge >= 0.3 is 0 Å². The van der Waals surface area contributed by atoms with Gasteiger partial charge in [-0.15, -0.1) is 0 Å². The van der Waals surface area contributed by atoms with E-state index in [1.807, 2.05) is 0 Å². The van der Waals surface area contributed by atoms with Gasteiger partial charge in [0.2, 0.25) is 1.66 Å². The second-order valence-electron chi connectivity index (χ2n) is 3.42. The number of aliphatic hydroxyl groups is 1. The van der Waals surface area contributed by atoms with Gasteiger partial charge < -0.3 is 5.11 Å². The number of aliphatic hydroxyl groups excluding tert-OH is 1. The Labute approximate surface area is 122 Å². The maximum atomic E-state index is 12.7. The monoisotopic (exact) mass is 436 g/mol. The van der Waals surface area contributed by atoms with E-state index in [1.54, 1.807) is 22.6 Å². The molecule has 0 aliphatic carbocycles. The first-order valence-corrected chi connectivity index (χ1v) is 8.28. The molecule has 2 atom stereocenters. The number of halogens is 3. The first kappa shape index (κ1) is 15.3. The number of alkyl halides is 2. The van der Waals surface area contributed by atoms with Crippen LogP contribution in [0.25, 0.3) is 0 Å². The Kier molecular flexibility index (Phi) is 4.96. The van der Waals surface area contributed by atoms with Crippen molar-refractivity contribution in [2.24, 2.45) is 0 Å². The molecule has 0 saturated carbocycles. The van der Waals surface area contributed by atoms with E-state index in [9.17, 15) is 17.9 Å². The third-order valence-electron chi connectivity index (χ3n) is 2.30. The van der Waals surface area contributed by atoms with Gasteiger partial charge in [-0.2, -0.15) is 0 Å². The number of hydrogen-bond acceptors (Lipinski definition) is 3. The minimum Gasteiger partial charge on any atom is -0.385 e. The molecular formula is C10H11BrFIO3S. The summed E-state index contributed by atoms with van der Waals surface area (Å²) in [6.07, 6.45) is -1.27. The molecule has 0 bridgehead atoms. The molecule has 3 nitrogen and oxygen atoms in total. The molecule has 0 aliphatic heterocycles. The second-order valence-corrected chi connectivity index (χ2v) is 11.6. The molecule has 0 fully saturated rings. The molecule has 1 aromatic rings. The maximum Gasteiger partial charge on any atom is 0.207 e. The summed E-state index contributed by atoms with van der Waals surface area (Å²) in [5, 5.41) is 10.0. The molecule has 1 aromatic carbocycles. The average Bonchev–Trinajstić information content (AvgIpc) is 2.28. The van der Waals surface area contributed by atoms with Crippen LogP contribution in [-0.2, 0) is 9.84 Å². The lowest BCUT2D eigenvalue weighted by atomic mass is 10.1. The van der Waals surface area contributed by atoms with Crippen LogP contribution in [0, 0.1) is 5.82 Å². The van der Waals surface area contributed by atoms with Crippen LogP contribution in [0.5, 0.6) is 0 Å². The van der Waals surface area contributed by atoms with Crippen molar-refractivity contribution in [1.82, 2.24) is 0 Å². The van der Waals surface area contributed by atoms with Gasteiger partial charge in [0.05, 0.1) is 0 Å². The zero-order chi connectivity index (χ0) is 13.3. The highest BCUT2D eigenvalue weighted by molar-refractivity contribution is 14.1. The Morgan fingerprint density at radius 3 is 2.35 bits per heavy atom. The van der Waals surface area contributed by atoms with Crippen LogP contribution in [0.1, 0.15) is 18.6 Å². The van der Waals surface area contributed by atoms with E-state index in [0.29, 0.717) is 5.56 Å². The Balaban J connectivity index is 3.12. The second kappa shape index (κ2) is 5.50. The van der Waals surface area contributed by atoms with Crippen molar-refractivity contribution in [3.63, 3.8) is 0 Å². The Morgan fingerprint density at radius 1 is 1.47 bits per heavy atom. The van der Waals surface area contributed by atoms with Crippen LogP contribution in [0.3, 0.4) is 0 Å². The molecule has 1 N–H and O–H groups in total. The van der Waals surface area contributed by atoms with Crippen molar-refractivity contribution < 1.29 is 17.9 Å². The van der Waals surface area contributed by atoms with Gasteiger partial charge in [-0.1, -0.05) is 35.0 Å². The fourth-order valence-corrected chi connectivity index (χ4v) is 4.31. The van der Waals surface area contributed by atoms with Crippen molar-refractivity contribution in [3.05, 3.63) is 35.6 Å². The average molecular weight is 437 g/mol. The number of rotatable bonds is 4. The molecule has 0 aromatic heterocycles. The summed E-state index contributed by atoms with van der Waals surface area (Å²) in [5.41, 5.74) is 0.342. The molecule has 0 radical (unpaired) electrons. The van der Waals surface area contributed by atoms with Crippen molar-refractivity contribution in [1.29, 1.82) is 0 Å². The van der Waals surface area contributed by atoms with Crippen molar-refractivity contribution in [2.75, 3.05) is 5.75 Å². The molecule has 7 heteroatoms. The van der Waals surface area contributed by atoms with Gasteiger partial charge in [0, 0.05) is 5.75 Å². The number of benzene rings is 1. The third-order valence-corrected chi connectivity index (χ3v) is 8.63. The van der Waals surface area contributed by atoms with Crippen LogP contribution in [0.2, 0.25) is 0 Å². The zero-order valence-corrected chi connectivity index (χ0v) is 13.5. The van der Waals surface area contributed by atoms with Gasteiger partial charge in [-0.05, 0) is 40.3 Å². The van der Waals surface area contributed by atoms with E-state index in [0.717, 1.165) is 0 Å². The van der Waals surface area contributed by atoms with E-state index < -0.39 is 23.4 Å². The first-order chi connectivity index (χ1) is 7.72. The standard InChI is InChI=1S/C10H11BrFIO3S/c1-2-17(15,16)10(11,13)9(14)7-3-5-8(12)6-4-7/h3-6,9,14H,2H2,1H3/t9-,10+/m1/s1. The van der Waals surface area contributed by atoms with E-state index in [1.165, 1.54) is 31.2 Å². The summed E-state index contributed by atoms with van der Waals surface area (Å²) in [7, 11) is -3.50. The van der Waals surface area contributed by atoms with E-state index in [4.69, 9.17) is 0 Å². The minimum atomic E-state index is -3.50. The Morgan fingerprint density at radius 2 is 1.94 bits per heavy atom. The third kappa shape index (κ3) is 3.18. The highest BCUT2D eigenvalue weighted by atomic mass is 127. The van der Waals surface area contributed by atoms with Crippen LogP contribution in [0.4, 0.5) is 4.39 Å². The lowest BCUT2D eigenvalue weighted by Crippen LogP contribution is -2.33. The fourth-order valence-electron chi connectivity index (χ4n) is 1.20. The fraction of sp³-hybridized carbons (Fsp3) is 0.400. The van der Waals surface area contributed by atoms with Gasteiger partial charge in [-0.3, -0.25) is 0 Å². The summed E-state index contributed by atoms with van der Waals surface area (Å²) < 4.78 is 34.9. The normalized spacial score (nSPS) is 17.5. The number of hydrogen-bond donors (Lipinski definition) is 1.